The molecule has 0 radical (unpaired) electrons. The summed E-state index contributed by atoms with van der Waals surface area (Å²) in [5, 5.41) is 9.83. The number of aryl methyl sites for hydroxylation is 1. The highest BCUT2D eigenvalue weighted by atomic mass is 32.2. The third kappa shape index (κ3) is 3.72. The van der Waals surface area contributed by atoms with Gasteiger partial charge in [0, 0.05) is 10.6 Å². The summed E-state index contributed by atoms with van der Waals surface area (Å²) >= 11 is 1.72. The molecule has 0 bridgehead atoms. The monoisotopic (exact) mass is 210 g/mol. The molecular weight excluding hydrogens is 192 g/mol. The molecule has 1 unspecified atom stereocenters. The molecule has 14 heavy (non-hydrogen) atoms. The second-order valence-electron chi connectivity index (χ2n) is 3.96. The molecule has 0 aromatic heterocycles. The lowest BCUT2D eigenvalue weighted by atomic mass is 10.1. The number of rotatable bonds is 4. The van der Waals surface area contributed by atoms with E-state index in [1.165, 1.54) is 10.5 Å². The van der Waals surface area contributed by atoms with Gasteiger partial charge in [-0.1, -0.05) is 24.6 Å². The quantitative estimate of drug-likeness (QED) is 0.770. The van der Waals surface area contributed by atoms with Crippen molar-refractivity contribution >= 4 is 11.8 Å². The average Bonchev–Trinajstić information content (AvgIpc) is 2.15. The van der Waals surface area contributed by atoms with Crippen LogP contribution in [0.15, 0.2) is 29.2 Å². The van der Waals surface area contributed by atoms with Gasteiger partial charge < -0.3 is 5.11 Å². The third-order valence-corrected chi connectivity index (χ3v) is 3.65. The van der Waals surface area contributed by atoms with E-state index in [4.69, 9.17) is 0 Å². The highest BCUT2D eigenvalue weighted by molar-refractivity contribution is 7.99. The molecule has 0 amide bonds. The molecular formula is C12H18OS. The predicted octanol–water partition coefficient (Wildman–Crippen LogP) is 3.25. The molecule has 0 fully saturated rings. The largest absolute Gasteiger partial charge is 0.389 e. The first-order valence-electron chi connectivity index (χ1n) is 4.95. The van der Waals surface area contributed by atoms with Gasteiger partial charge >= 0.3 is 0 Å². The molecule has 1 atom stereocenters. The zero-order valence-electron chi connectivity index (χ0n) is 9.08. The second-order valence-corrected chi connectivity index (χ2v) is 5.00. The summed E-state index contributed by atoms with van der Waals surface area (Å²) in [6, 6.07) is 8.38. The number of hydrogen-bond donors (Lipinski definition) is 1. The van der Waals surface area contributed by atoms with Crippen LogP contribution in [0.3, 0.4) is 0 Å². The molecule has 2 heteroatoms. The minimum Gasteiger partial charge on any atom is -0.389 e. The van der Waals surface area contributed by atoms with Crippen molar-refractivity contribution in [2.45, 2.75) is 37.7 Å². The van der Waals surface area contributed by atoms with Crippen molar-refractivity contribution in [3.63, 3.8) is 0 Å². The Hall–Kier alpha value is -0.470. The smallest absolute Gasteiger partial charge is 0.0710 e. The van der Waals surface area contributed by atoms with Crippen LogP contribution in [0.1, 0.15) is 25.8 Å². The molecule has 0 saturated heterocycles. The summed E-state index contributed by atoms with van der Waals surface area (Å²) < 4.78 is 0. The van der Waals surface area contributed by atoms with Crippen molar-refractivity contribution in [1.29, 1.82) is 0 Å². The van der Waals surface area contributed by atoms with Crippen LogP contribution in [-0.4, -0.2) is 16.5 Å². The molecule has 0 spiro atoms. The van der Waals surface area contributed by atoms with Gasteiger partial charge in [-0.15, -0.1) is 11.8 Å². The van der Waals surface area contributed by atoms with E-state index in [1.54, 1.807) is 11.8 Å². The van der Waals surface area contributed by atoms with E-state index in [2.05, 4.69) is 31.2 Å². The summed E-state index contributed by atoms with van der Waals surface area (Å²) in [6.07, 6.45) is 0.797. The van der Waals surface area contributed by atoms with E-state index in [0.717, 1.165) is 12.2 Å². The standard InChI is InChI=1S/C12H18OS/c1-4-12(3,13)9-14-11-7-5-6-10(2)8-11/h5-8,13H,4,9H2,1-3H3. The van der Waals surface area contributed by atoms with Crippen molar-refractivity contribution in [2.75, 3.05) is 5.75 Å². The molecule has 1 nitrogen and oxygen atoms in total. The Kier molecular flexibility index (Phi) is 4.02. The zero-order valence-corrected chi connectivity index (χ0v) is 9.90. The van der Waals surface area contributed by atoms with E-state index in [-0.39, 0.29) is 0 Å². The SMILES string of the molecule is CCC(C)(O)CSc1cccc(C)c1. The van der Waals surface area contributed by atoms with Crippen molar-refractivity contribution in [3.05, 3.63) is 29.8 Å². The molecule has 1 aromatic rings. The Morgan fingerprint density at radius 1 is 1.43 bits per heavy atom. The molecule has 0 aliphatic heterocycles. The molecule has 0 aliphatic rings. The third-order valence-electron chi connectivity index (χ3n) is 2.30. The van der Waals surface area contributed by atoms with Crippen LogP contribution in [-0.2, 0) is 0 Å². The van der Waals surface area contributed by atoms with Gasteiger partial charge in [0.05, 0.1) is 5.60 Å². The fourth-order valence-electron chi connectivity index (χ4n) is 1.05. The minimum absolute atomic E-state index is 0.547. The summed E-state index contributed by atoms with van der Waals surface area (Å²) in [4.78, 5) is 1.23. The minimum atomic E-state index is -0.547. The van der Waals surface area contributed by atoms with E-state index < -0.39 is 5.60 Å². The molecule has 78 valence electrons. The Morgan fingerprint density at radius 2 is 2.14 bits per heavy atom. The predicted molar refractivity (Wildman–Crippen MR) is 62.8 cm³/mol. The van der Waals surface area contributed by atoms with E-state index >= 15 is 0 Å². The van der Waals surface area contributed by atoms with Gasteiger partial charge in [0.15, 0.2) is 0 Å². The van der Waals surface area contributed by atoms with Crippen LogP contribution in [0.2, 0.25) is 0 Å². The van der Waals surface area contributed by atoms with Crippen LogP contribution >= 0.6 is 11.8 Å². The van der Waals surface area contributed by atoms with Gasteiger partial charge in [-0.05, 0) is 32.4 Å². The van der Waals surface area contributed by atoms with Crippen LogP contribution in [0.25, 0.3) is 0 Å². The van der Waals surface area contributed by atoms with Gasteiger partial charge in [0.25, 0.3) is 0 Å². The maximum absolute atomic E-state index is 9.83. The Bertz CT molecular complexity index is 294. The molecule has 1 N–H and O–H groups in total. The maximum Gasteiger partial charge on any atom is 0.0710 e. The molecule has 0 aliphatic carbocycles. The van der Waals surface area contributed by atoms with Crippen molar-refractivity contribution < 1.29 is 5.11 Å². The lowest BCUT2D eigenvalue weighted by Gasteiger charge is -2.20. The fourth-order valence-corrected chi connectivity index (χ4v) is 2.17. The summed E-state index contributed by atoms with van der Waals surface area (Å²) in [5.74, 6) is 0.757. The van der Waals surface area contributed by atoms with Gasteiger partial charge in [-0.3, -0.25) is 0 Å². The van der Waals surface area contributed by atoms with E-state index in [0.29, 0.717) is 0 Å². The molecule has 1 rings (SSSR count). The van der Waals surface area contributed by atoms with Crippen LogP contribution < -0.4 is 0 Å². The summed E-state index contributed by atoms with van der Waals surface area (Å²) in [7, 11) is 0. The molecule has 1 aromatic carbocycles. The lowest BCUT2D eigenvalue weighted by Crippen LogP contribution is -2.25. The van der Waals surface area contributed by atoms with Gasteiger partial charge in [0.2, 0.25) is 0 Å². The topological polar surface area (TPSA) is 20.2 Å². The number of aliphatic hydroxyl groups is 1. The first kappa shape index (κ1) is 11.6. The fraction of sp³-hybridized carbons (Fsp3) is 0.500. The maximum atomic E-state index is 9.83. The summed E-state index contributed by atoms with van der Waals surface area (Å²) in [5.41, 5.74) is 0.722. The Balaban J connectivity index is 2.54. The van der Waals surface area contributed by atoms with E-state index in [1.807, 2.05) is 13.8 Å². The number of benzene rings is 1. The van der Waals surface area contributed by atoms with Crippen LogP contribution in [0.4, 0.5) is 0 Å². The molecule has 0 heterocycles. The van der Waals surface area contributed by atoms with Crippen molar-refractivity contribution in [1.82, 2.24) is 0 Å². The van der Waals surface area contributed by atoms with Crippen LogP contribution in [0.5, 0.6) is 0 Å². The highest BCUT2D eigenvalue weighted by Crippen LogP contribution is 2.24. The molecule has 0 saturated carbocycles. The normalized spacial score (nSPS) is 15.1. The number of hydrogen-bond acceptors (Lipinski definition) is 2. The average molecular weight is 210 g/mol. The lowest BCUT2D eigenvalue weighted by molar-refractivity contribution is 0.0816. The second kappa shape index (κ2) is 4.85. The van der Waals surface area contributed by atoms with Gasteiger partial charge in [-0.25, -0.2) is 0 Å². The van der Waals surface area contributed by atoms with Gasteiger partial charge in [0.1, 0.15) is 0 Å². The van der Waals surface area contributed by atoms with E-state index in [9.17, 15) is 5.11 Å². The highest BCUT2D eigenvalue weighted by Gasteiger charge is 2.17. The Morgan fingerprint density at radius 3 is 2.71 bits per heavy atom. The van der Waals surface area contributed by atoms with Crippen molar-refractivity contribution in [2.24, 2.45) is 0 Å². The van der Waals surface area contributed by atoms with Crippen molar-refractivity contribution in [3.8, 4) is 0 Å². The summed E-state index contributed by atoms with van der Waals surface area (Å²) in [6.45, 7) is 5.98. The first-order chi connectivity index (χ1) is 6.53. The van der Waals surface area contributed by atoms with Gasteiger partial charge in [-0.2, -0.15) is 0 Å². The Labute approximate surface area is 90.5 Å². The first-order valence-corrected chi connectivity index (χ1v) is 5.94. The number of thioether (sulfide) groups is 1. The zero-order chi connectivity index (χ0) is 10.6. The van der Waals surface area contributed by atoms with Crippen LogP contribution in [0, 0.1) is 6.92 Å².